The molecule has 4 nitrogen and oxygen atoms in total. The molecule has 3 fully saturated rings. The predicted molar refractivity (Wildman–Crippen MR) is 100 cm³/mol. The summed E-state index contributed by atoms with van der Waals surface area (Å²) in [6.45, 7) is 2.10. The van der Waals surface area contributed by atoms with Crippen LogP contribution in [0.15, 0.2) is 35.2 Å². The van der Waals surface area contributed by atoms with Crippen molar-refractivity contribution in [1.29, 1.82) is 0 Å². The molecule has 1 aromatic rings. The fourth-order valence-corrected chi connectivity index (χ4v) is 7.78. The van der Waals surface area contributed by atoms with Crippen molar-refractivity contribution in [3.63, 3.8) is 0 Å². The van der Waals surface area contributed by atoms with Crippen molar-refractivity contribution in [3.05, 3.63) is 30.3 Å². The summed E-state index contributed by atoms with van der Waals surface area (Å²) in [7, 11) is -1.58. The molecule has 0 bridgehead atoms. The molecule has 4 rings (SSSR count). The van der Waals surface area contributed by atoms with Crippen LogP contribution in [0.1, 0.15) is 39.0 Å². The first-order valence-corrected chi connectivity index (χ1v) is 11.6. The van der Waals surface area contributed by atoms with Crippen LogP contribution in [0.2, 0.25) is 0 Å². The Morgan fingerprint density at radius 1 is 1.12 bits per heavy atom. The first-order valence-electron chi connectivity index (χ1n) is 9.97. The maximum absolute atomic E-state index is 13.1. The Kier molecular flexibility index (Phi) is 5.15. The van der Waals surface area contributed by atoms with Crippen LogP contribution in [0.4, 0.5) is 0 Å². The Morgan fingerprint density at radius 3 is 2.58 bits per heavy atom. The van der Waals surface area contributed by atoms with Gasteiger partial charge in [-0.15, -0.1) is 0 Å². The van der Waals surface area contributed by atoms with E-state index in [1.54, 1.807) is 19.2 Å². The van der Waals surface area contributed by atoms with Crippen LogP contribution in [0, 0.1) is 29.6 Å². The number of ether oxygens (including phenoxy) is 2. The summed E-state index contributed by atoms with van der Waals surface area (Å²) in [6.07, 6.45) is 5.88. The lowest BCUT2D eigenvalue weighted by Gasteiger charge is -2.48. The maximum Gasteiger partial charge on any atom is 0.178 e. The van der Waals surface area contributed by atoms with Crippen molar-refractivity contribution in [2.75, 3.05) is 12.9 Å². The second-order valence-electron chi connectivity index (χ2n) is 8.39. The van der Waals surface area contributed by atoms with Gasteiger partial charge in [0.25, 0.3) is 0 Å². The van der Waals surface area contributed by atoms with Crippen molar-refractivity contribution >= 4 is 9.84 Å². The molecule has 144 valence electrons. The first-order chi connectivity index (χ1) is 12.5. The van der Waals surface area contributed by atoms with Gasteiger partial charge < -0.3 is 9.47 Å². The van der Waals surface area contributed by atoms with E-state index in [1.165, 1.54) is 19.3 Å². The molecule has 5 heteroatoms. The number of rotatable bonds is 4. The molecule has 0 spiro atoms. The normalized spacial score (nSPS) is 40.0. The highest BCUT2D eigenvalue weighted by Gasteiger charge is 2.55. The number of sulfone groups is 1. The van der Waals surface area contributed by atoms with Gasteiger partial charge in [-0.1, -0.05) is 37.5 Å². The minimum Gasteiger partial charge on any atom is -0.356 e. The molecule has 1 heterocycles. The lowest BCUT2D eigenvalue weighted by Crippen LogP contribution is -2.46. The fraction of sp³-hybridized carbons (Fsp3) is 0.714. The first kappa shape index (κ1) is 18.5. The van der Waals surface area contributed by atoms with Gasteiger partial charge in [-0.25, -0.2) is 8.42 Å². The van der Waals surface area contributed by atoms with E-state index in [1.807, 2.05) is 18.2 Å². The highest BCUT2D eigenvalue weighted by molar-refractivity contribution is 7.91. The maximum atomic E-state index is 13.1. The monoisotopic (exact) mass is 378 g/mol. The average Bonchev–Trinajstić information content (AvgIpc) is 2.98. The molecule has 1 saturated heterocycles. The summed E-state index contributed by atoms with van der Waals surface area (Å²) in [6, 6.07) is 8.93. The predicted octanol–water partition coefficient (Wildman–Crippen LogP) is 3.91. The highest BCUT2D eigenvalue weighted by Crippen LogP contribution is 2.55. The Hall–Kier alpha value is -0.910. The van der Waals surface area contributed by atoms with Crippen LogP contribution in [0.5, 0.6) is 0 Å². The van der Waals surface area contributed by atoms with Gasteiger partial charge in [-0.2, -0.15) is 0 Å². The largest absolute Gasteiger partial charge is 0.356 e. The zero-order chi connectivity index (χ0) is 18.3. The standard InChI is InChI=1S/C21H30O4S/c1-14-20-18(21(24-2)25-14)12-15-8-6-7-11-17(15)19(20)13-26(22,23)16-9-4-3-5-10-16/h3-5,9-10,14-15,17-21H,6-8,11-13H2,1-2H3/t14-,15+,17-,18-,19-,20-,21-/m0/s1. The summed E-state index contributed by atoms with van der Waals surface area (Å²) in [5.41, 5.74) is 0. The quantitative estimate of drug-likeness (QED) is 0.797. The molecule has 0 N–H and O–H groups in total. The van der Waals surface area contributed by atoms with Crippen molar-refractivity contribution < 1.29 is 17.9 Å². The van der Waals surface area contributed by atoms with E-state index in [9.17, 15) is 8.42 Å². The van der Waals surface area contributed by atoms with Crippen LogP contribution in [-0.4, -0.2) is 33.7 Å². The Bertz CT molecular complexity index is 717. The van der Waals surface area contributed by atoms with E-state index in [4.69, 9.17) is 9.47 Å². The summed E-state index contributed by atoms with van der Waals surface area (Å²) in [4.78, 5) is 0.448. The van der Waals surface area contributed by atoms with Crippen LogP contribution < -0.4 is 0 Å². The van der Waals surface area contributed by atoms with Gasteiger partial charge >= 0.3 is 0 Å². The molecule has 7 atom stereocenters. The summed E-state index contributed by atoms with van der Waals surface area (Å²) in [5.74, 6) is 2.13. The molecular weight excluding hydrogens is 348 g/mol. The summed E-state index contributed by atoms with van der Waals surface area (Å²) >= 11 is 0. The number of hydrogen-bond donors (Lipinski definition) is 0. The van der Waals surface area contributed by atoms with Crippen LogP contribution in [0.3, 0.4) is 0 Å². The number of hydrogen-bond acceptors (Lipinski definition) is 4. The Morgan fingerprint density at radius 2 is 1.85 bits per heavy atom. The smallest absolute Gasteiger partial charge is 0.178 e. The van der Waals surface area contributed by atoms with Crippen molar-refractivity contribution in [2.45, 2.75) is 56.3 Å². The molecular formula is C21H30O4S. The lowest BCUT2D eigenvalue weighted by molar-refractivity contribution is -0.132. The van der Waals surface area contributed by atoms with E-state index >= 15 is 0 Å². The third-order valence-electron chi connectivity index (χ3n) is 7.07. The third-order valence-corrected chi connectivity index (χ3v) is 8.88. The molecule has 0 amide bonds. The van der Waals surface area contributed by atoms with E-state index in [0.29, 0.717) is 22.6 Å². The zero-order valence-electron chi connectivity index (χ0n) is 15.7. The molecule has 2 saturated carbocycles. The zero-order valence-corrected chi connectivity index (χ0v) is 16.5. The second kappa shape index (κ2) is 7.25. The molecule has 26 heavy (non-hydrogen) atoms. The fourth-order valence-electron chi connectivity index (χ4n) is 6.04. The SMILES string of the molecule is CO[C@H]1O[C@@H](C)[C@H]2[C@@H]1C[C@H]1CCCC[C@@H]1[C@@H]2CS(=O)(=O)c1ccccc1. The van der Waals surface area contributed by atoms with Crippen molar-refractivity contribution in [2.24, 2.45) is 29.6 Å². The molecule has 3 aliphatic rings. The minimum absolute atomic E-state index is 0.0591. The second-order valence-corrected chi connectivity index (χ2v) is 10.4. The van der Waals surface area contributed by atoms with Gasteiger partial charge in [0, 0.05) is 13.0 Å². The van der Waals surface area contributed by atoms with Gasteiger partial charge in [-0.3, -0.25) is 0 Å². The number of fused-ring (bicyclic) bond motifs is 2. The topological polar surface area (TPSA) is 52.6 Å². The third kappa shape index (κ3) is 3.23. The van der Waals surface area contributed by atoms with E-state index in [0.717, 1.165) is 12.8 Å². The molecule has 1 aliphatic heterocycles. The van der Waals surface area contributed by atoms with Gasteiger partial charge in [0.15, 0.2) is 16.1 Å². The van der Waals surface area contributed by atoms with E-state index in [2.05, 4.69) is 6.92 Å². The molecule has 0 radical (unpaired) electrons. The lowest BCUT2D eigenvalue weighted by atomic mass is 9.58. The van der Waals surface area contributed by atoms with Crippen LogP contribution >= 0.6 is 0 Å². The van der Waals surface area contributed by atoms with Crippen LogP contribution in [-0.2, 0) is 19.3 Å². The number of methoxy groups -OCH3 is 1. The van der Waals surface area contributed by atoms with Crippen molar-refractivity contribution in [3.8, 4) is 0 Å². The molecule has 2 aliphatic carbocycles. The van der Waals surface area contributed by atoms with Crippen LogP contribution in [0.25, 0.3) is 0 Å². The summed E-state index contributed by atoms with van der Waals surface area (Å²) in [5, 5.41) is 0. The van der Waals surface area contributed by atoms with E-state index < -0.39 is 9.84 Å². The van der Waals surface area contributed by atoms with Crippen molar-refractivity contribution in [1.82, 2.24) is 0 Å². The number of benzene rings is 1. The summed E-state index contributed by atoms with van der Waals surface area (Å²) < 4.78 is 38.0. The van der Waals surface area contributed by atoms with Gasteiger partial charge in [0.1, 0.15) is 0 Å². The molecule has 0 unspecified atom stereocenters. The van der Waals surface area contributed by atoms with E-state index in [-0.39, 0.29) is 30.0 Å². The Labute approximate surface area is 157 Å². The highest BCUT2D eigenvalue weighted by atomic mass is 32.2. The minimum atomic E-state index is -3.29. The van der Waals surface area contributed by atoms with Gasteiger partial charge in [0.05, 0.1) is 16.8 Å². The average molecular weight is 379 g/mol. The molecule has 1 aromatic carbocycles. The van der Waals surface area contributed by atoms with Gasteiger partial charge in [0.2, 0.25) is 0 Å². The van der Waals surface area contributed by atoms with Gasteiger partial charge in [-0.05, 0) is 55.6 Å². The Balaban J connectivity index is 1.66. The molecule has 0 aromatic heterocycles.